The lowest BCUT2D eigenvalue weighted by Gasteiger charge is -2.33. The molecular formula is C16H18FNO. The van der Waals surface area contributed by atoms with E-state index < -0.39 is 6.10 Å². The van der Waals surface area contributed by atoms with Gasteiger partial charge in [-0.05, 0) is 42.5 Å². The number of nitrogens with zero attached hydrogens (tertiary/aromatic N) is 1. The van der Waals surface area contributed by atoms with Gasteiger partial charge in [0.15, 0.2) is 0 Å². The second-order valence-corrected chi connectivity index (χ2v) is 6.13. The molecule has 1 aliphatic carbocycles. The molecule has 0 amide bonds. The van der Waals surface area contributed by atoms with Crippen molar-refractivity contribution in [2.45, 2.75) is 32.8 Å². The van der Waals surface area contributed by atoms with Gasteiger partial charge in [-0.1, -0.05) is 19.9 Å². The molecule has 1 aliphatic rings. The minimum atomic E-state index is -0.423. The zero-order valence-electron chi connectivity index (χ0n) is 11.2. The highest BCUT2D eigenvalue weighted by Gasteiger charge is 2.33. The van der Waals surface area contributed by atoms with Crippen molar-refractivity contribution in [2.75, 3.05) is 0 Å². The monoisotopic (exact) mass is 259 g/mol. The standard InChI is InChI=1S/C16H18FNO/c1-16(2)9-14-13(15(19)10-16)6-7-18(14)12-5-3-4-11(17)8-12/h3-8,15,19H,9-10H2,1-2H3. The number of aromatic nitrogens is 1. The second kappa shape index (κ2) is 4.20. The van der Waals surface area contributed by atoms with Crippen LogP contribution in [0.15, 0.2) is 36.5 Å². The zero-order valence-corrected chi connectivity index (χ0v) is 11.2. The first-order valence-electron chi connectivity index (χ1n) is 6.60. The molecule has 1 heterocycles. The summed E-state index contributed by atoms with van der Waals surface area (Å²) < 4.78 is 15.3. The molecule has 1 aromatic carbocycles. The van der Waals surface area contributed by atoms with E-state index in [1.807, 2.05) is 22.9 Å². The normalized spacial score (nSPS) is 21.2. The van der Waals surface area contributed by atoms with E-state index in [2.05, 4.69) is 13.8 Å². The minimum Gasteiger partial charge on any atom is -0.388 e. The molecule has 1 unspecified atom stereocenters. The highest BCUT2D eigenvalue weighted by Crippen LogP contribution is 2.41. The first-order chi connectivity index (χ1) is 8.96. The maximum absolute atomic E-state index is 13.4. The van der Waals surface area contributed by atoms with Crippen LogP contribution in [0.4, 0.5) is 4.39 Å². The molecule has 0 saturated heterocycles. The molecule has 1 atom stereocenters. The highest BCUT2D eigenvalue weighted by atomic mass is 19.1. The third-order valence-electron chi connectivity index (χ3n) is 3.86. The number of benzene rings is 1. The van der Waals surface area contributed by atoms with Crippen LogP contribution in [0.25, 0.3) is 5.69 Å². The molecule has 3 rings (SSSR count). The number of hydrogen-bond acceptors (Lipinski definition) is 1. The lowest BCUT2D eigenvalue weighted by atomic mass is 9.75. The Labute approximate surface area is 112 Å². The molecule has 0 bridgehead atoms. The fourth-order valence-corrected chi connectivity index (χ4v) is 3.00. The minimum absolute atomic E-state index is 0.0653. The summed E-state index contributed by atoms with van der Waals surface area (Å²) >= 11 is 0. The van der Waals surface area contributed by atoms with Crippen molar-refractivity contribution in [3.05, 3.63) is 53.6 Å². The predicted molar refractivity (Wildman–Crippen MR) is 72.8 cm³/mol. The van der Waals surface area contributed by atoms with Crippen LogP contribution in [0.3, 0.4) is 0 Å². The lowest BCUT2D eigenvalue weighted by Crippen LogP contribution is -2.26. The fraction of sp³-hybridized carbons (Fsp3) is 0.375. The van der Waals surface area contributed by atoms with Crippen molar-refractivity contribution in [2.24, 2.45) is 5.41 Å². The molecule has 1 aromatic heterocycles. The van der Waals surface area contributed by atoms with Crippen LogP contribution in [-0.2, 0) is 6.42 Å². The van der Waals surface area contributed by atoms with E-state index in [1.54, 1.807) is 6.07 Å². The van der Waals surface area contributed by atoms with E-state index in [4.69, 9.17) is 0 Å². The van der Waals surface area contributed by atoms with Gasteiger partial charge in [-0.25, -0.2) is 4.39 Å². The summed E-state index contributed by atoms with van der Waals surface area (Å²) in [6.45, 7) is 4.31. The van der Waals surface area contributed by atoms with Crippen LogP contribution in [0.5, 0.6) is 0 Å². The Balaban J connectivity index is 2.11. The number of hydrogen-bond donors (Lipinski definition) is 1. The van der Waals surface area contributed by atoms with Crippen molar-refractivity contribution in [1.29, 1.82) is 0 Å². The number of fused-ring (bicyclic) bond motifs is 1. The molecule has 0 spiro atoms. The molecule has 100 valence electrons. The summed E-state index contributed by atoms with van der Waals surface area (Å²) in [5.74, 6) is -0.240. The Hall–Kier alpha value is -1.61. The maximum Gasteiger partial charge on any atom is 0.125 e. The van der Waals surface area contributed by atoms with E-state index in [1.165, 1.54) is 12.1 Å². The molecule has 1 N–H and O–H groups in total. The Morgan fingerprint density at radius 2 is 2.11 bits per heavy atom. The summed E-state index contributed by atoms with van der Waals surface area (Å²) in [4.78, 5) is 0. The van der Waals surface area contributed by atoms with Crippen molar-refractivity contribution in [1.82, 2.24) is 4.57 Å². The van der Waals surface area contributed by atoms with Gasteiger partial charge < -0.3 is 9.67 Å². The molecule has 2 aromatic rings. The Morgan fingerprint density at radius 1 is 1.32 bits per heavy atom. The molecule has 19 heavy (non-hydrogen) atoms. The van der Waals surface area contributed by atoms with Gasteiger partial charge in [-0.3, -0.25) is 0 Å². The van der Waals surface area contributed by atoms with Crippen LogP contribution >= 0.6 is 0 Å². The summed E-state index contributed by atoms with van der Waals surface area (Å²) in [7, 11) is 0. The van der Waals surface area contributed by atoms with Crippen molar-refractivity contribution >= 4 is 0 Å². The van der Waals surface area contributed by atoms with E-state index in [0.717, 1.165) is 29.8 Å². The van der Waals surface area contributed by atoms with E-state index >= 15 is 0 Å². The summed E-state index contributed by atoms with van der Waals surface area (Å²) in [6.07, 6.45) is 3.16. The van der Waals surface area contributed by atoms with Crippen molar-refractivity contribution < 1.29 is 9.50 Å². The zero-order chi connectivity index (χ0) is 13.6. The Morgan fingerprint density at radius 3 is 2.84 bits per heavy atom. The second-order valence-electron chi connectivity index (χ2n) is 6.13. The number of halogens is 1. The van der Waals surface area contributed by atoms with Gasteiger partial charge in [0.25, 0.3) is 0 Å². The first-order valence-corrected chi connectivity index (χ1v) is 6.60. The van der Waals surface area contributed by atoms with Gasteiger partial charge in [-0.15, -0.1) is 0 Å². The average Bonchev–Trinajstić information content (AvgIpc) is 2.71. The summed E-state index contributed by atoms with van der Waals surface area (Å²) in [5, 5.41) is 10.2. The lowest BCUT2D eigenvalue weighted by molar-refractivity contribution is 0.0987. The molecule has 0 saturated carbocycles. The van der Waals surface area contributed by atoms with Crippen LogP contribution in [0, 0.1) is 11.2 Å². The number of aliphatic hydroxyl groups is 1. The van der Waals surface area contributed by atoms with Gasteiger partial charge in [-0.2, -0.15) is 0 Å². The Bertz CT molecular complexity index is 615. The van der Waals surface area contributed by atoms with Gasteiger partial charge >= 0.3 is 0 Å². The topological polar surface area (TPSA) is 25.2 Å². The van der Waals surface area contributed by atoms with Crippen LogP contribution < -0.4 is 0 Å². The van der Waals surface area contributed by atoms with E-state index in [-0.39, 0.29) is 11.2 Å². The van der Waals surface area contributed by atoms with Crippen LogP contribution in [0.1, 0.15) is 37.6 Å². The smallest absolute Gasteiger partial charge is 0.125 e. The fourth-order valence-electron chi connectivity index (χ4n) is 3.00. The third kappa shape index (κ3) is 2.19. The molecule has 0 radical (unpaired) electrons. The molecule has 0 fully saturated rings. The van der Waals surface area contributed by atoms with Gasteiger partial charge in [0.05, 0.1) is 6.10 Å². The van der Waals surface area contributed by atoms with E-state index in [0.29, 0.717) is 0 Å². The highest BCUT2D eigenvalue weighted by molar-refractivity contribution is 5.40. The van der Waals surface area contributed by atoms with E-state index in [9.17, 15) is 9.50 Å². The van der Waals surface area contributed by atoms with Crippen molar-refractivity contribution in [3.8, 4) is 5.69 Å². The van der Waals surface area contributed by atoms with Crippen molar-refractivity contribution in [3.63, 3.8) is 0 Å². The number of rotatable bonds is 1. The predicted octanol–water partition coefficient (Wildman–Crippen LogP) is 3.62. The molecular weight excluding hydrogens is 241 g/mol. The maximum atomic E-state index is 13.4. The number of aliphatic hydroxyl groups excluding tert-OH is 1. The largest absolute Gasteiger partial charge is 0.388 e. The first kappa shape index (κ1) is 12.4. The average molecular weight is 259 g/mol. The summed E-state index contributed by atoms with van der Waals surface area (Å²) in [5.41, 5.74) is 2.94. The molecule has 0 aliphatic heterocycles. The quantitative estimate of drug-likeness (QED) is 0.831. The van der Waals surface area contributed by atoms with Crippen LogP contribution in [0.2, 0.25) is 0 Å². The SMILES string of the molecule is CC1(C)Cc2c(ccn2-c2cccc(F)c2)C(O)C1. The van der Waals surface area contributed by atoms with Crippen LogP contribution in [-0.4, -0.2) is 9.67 Å². The van der Waals surface area contributed by atoms with Gasteiger partial charge in [0.1, 0.15) is 5.82 Å². The summed E-state index contributed by atoms with van der Waals surface area (Å²) in [6, 6.07) is 8.51. The van der Waals surface area contributed by atoms with Gasteiger partial charge in [0.2, 0.25) is 0 Å². The third-order valence-corrected chi connectivity index (χ3v) is 3.86. The molecule has 2 nitrogen and oxygen atoms in total. The van der Waals surface area contributed by atoms with Gasteiger partial charge in [0, 0.05) is 23.1 Å². The molecule has 3 heteroatoms. The Kier molecular flexibility index (Phi) is 2.75.